The molecule has 0 radical (unpaired) electrons. The van der Waals surface area contributed by atoms with Crippen molar-refractivity contribution in [3.8, 4) is 67.1 Å². The highest BCUT2D eigenvalue weighted by Gasteiger charge is 2.23. The van der Waals surface area contributed by atoms with Gasteiger partial charge in [-0.1, -0.05) is 164 Å². The molecule has 0 unspecified atom stereocenters. The number of hydrogen-bond donors (Lipinski definition) is 0. The minimum Gasteiger partial charge on any atom is -0.436 e. The first-order valence-corrected chi connectivity index (χ1v) is 18.9. The van der Waals surface area contributed by atoms with E-state index in [1.54, 1.807) is 12.1 Å². The quantitative estimate of drug-likeness (QED) is 0.160. The van der Waals surface area contributed by atoms with Gasteiger partial charge in [-0.05, 0) is 118 Å². The van der Waals surface area contributed by atoms with Crippen LogP contribution >= 0.6 is 0 Å². The van der Waals surface area contributed by atoms with Gasteiger partial charge in [-0.15, -0.1) is 0 Å². The fraction of sp³-hybridized carbons (Fsp3) is 0. The molecule has 1 aromatic heterocycles. The van der Waals surface area contributed by atoms with Crippen molar-refractivity contribution in [2.45, 2.75) is 0 Å². The second-order valence-electron chi connectivity index (χ2n) is 14.4. The summed E-state index contributed by atoms with van der Waals surface area (Å²) in [5, 5.41) is 7.01. The van der Waals surface area contributed by atoms with E-state index in [4.69, 9.17) is 9.40 Å². The molecule has 0 aliphatic heterocycles. The summed E-state index contributed by atoms with van der Waals surface area (Å²) >= 11 is 0. The summed E-state index contributed by atoms with van der Waals surface area (Å²) in [6.07, 6.45) is 0. The maximum Gasteiger partial charge on any atom is 0.227 e. The standard InChI is InChI=1S/C53H32FNO/c54-38-17-11-16-36(30-38)37-24-29-50-49(31-37)55-53(56-50)48-32-47(42-21-10-8-19-40(42)34-14-5-2-6-15-34)45-26-23-35-22-25-43(44-27-28-46(48)52(45)51(35)44)41-20-9-7-18-39(41)33-12-3-1-4-13-33/h1-32H. The lowest BCUT2D eigenvalue weighted by Crippen LogP contribution is -1.94. The highest BCUT2D eigenvalue weighted by Crippen LogP contribution is 2.48. The van der Waals surface area contributed by atoms with E-state index in [9.17, 15) is 4.39 Å². The number of nitrogens with zero attached hydrogens (tertiary/aromatic N) is 1. The third-order valence-corrected chi connectivity index (χ3v) is 11.2. The Balaban J connectivity index is 1.21. The van der Waals surface area contributed by atoms with Crippen LogP contribution in [-0.4, -0.2) is 4.98 Å². The number of hydrogen-bond acceptors (Lipinski definition) is 2. The molecule has 0 saturated heterocycles. The van der Waals surface area contributed by atoms with Crippen LogP contribution in [0, 0.1) is 5.82 Å². The van der Waals surface area contributed by atoms with Crippen molar-refractivity contribution in [1.82, 2.24) is 4.98 Å². The zero-order valence-corrected chi connectivity index (χ0v) is 30.2. The Bertz CT molecular complexity index is 3250. The van der Waals surface area contributed by atoms with E-state index < -0.39 is 0 Å². The molecule has 3 heteroatoms. The second kappa shape index (κ2) is 12.9. The lowest BCUT2D eigenvalue weighted by molar-refractivity contribution is 0.620. The number of benzene rings is 10. The molecule has 11 aromatic rings. The van der Waals surface area contributed by atoms with Crippen molar-refractivity contribution < 1.29 is 8.81 Å². The highest BCUT2D eigenvalue weighted by molar-refractivity contribution is 6.30. The summed E-state index contributed by atoms with van der Waals surface area (Å²) in [4.78, 5) is 5.14. The van der Waals surface area contributed by atoms with E-state index in [1.807, 2.05) is 24.3 Å². The Morgan fingerprint density at radius 1 is 0.357 bits per heavy atom. The molecule has 2 nitrogen and oxygen atoms in total. The van der Waals surface area contributed by atoms with Crippen LogP contribution in [0.5, 0.6) is 0 Å². The zero-order chi connectivity index (χ0) is 37.2. The van der Waals surface area contributed by atoms with Crippen LogP contribution in [0.15, 0.2) is 199 Å². The van der Waals surface area contributed by atoms with Gasteiger partial charge in [0, 0.05) is 5.56 Å². The third kappa shape index (κ3) is 5.20. The van der Waals surface area contributed by atoms with Gasteiger partial charge in [-0.2, -0.15) is 0 Å². The van der Waals surface area contributed by atoms with Gasteiger partial charge in [-0.25, -0.2) is 9.37 Å². The number of fused-ring (bicyclic) bond motifs is 1. The fourth-order valence-electron chi connectivity index (χ4n) is 8.60. The van der Waals surface area contributed by atoms with Crippen molar-refractivity contribution >= 4 is 43.4 Å². The zero-order valence-electron chi connectivity index (χ0n) is 30.2. The van der Waals surface area contributed by atoms with E-state index >= 15 is 0 Å². The van der Waals surface area contributed by atoms with Gasteiger partial charge in [0.1, 0.15) is 11.3 Å². The highest BCUT2D eigenvalue weighted by atomic mass is 19.1. The lowest BCUT2D eigenvalue weighted by Gasteiger charge is -2.20. The normalized spacial score (nSPS) is 11.7. The molecule has 10 aromatic carbocycles. The Morgan fingerprint density at radius 2 is 0.911 bits per heavy atom. The first-order chi connectivity index (χ1) is 27.7. The molecule has 0 aliphatic carbocycles. The first-order valence-electron chi connectivity index (χ1n) is 18.9. The molecular weight excluding hydrogens is 686 g/mol. The molecule has 0 spiro atoms. The second-order valence-corrected chi connectivity index (χ2v) is 14.4. The Morgan fingerprint density at radius 3 is 1.61 bits per heavy atom. The molecule has 0 amide bonds. The molecule has 0 aliphatic rings. The van der Waals surface area contributed by atoms with Gasteiger partial charge in [0.25, 0.3) is 0 Å². The summed E-state index contributed by atoms with van der Waals surface area (Å²) in [7, 11) is 0. The van der Waals surface area contributed by atoms with E-state index in [2.05, 4.69) is 152 Å². The monoisotopic (exact) mass is 717 g/mol. The van der Waals surface area contributed by atoms with Crippen molar-refractivity contribution in [3.05, 3.63) is 200 Å². The molecular formula is C53H32FNO. The summed E-state index contributed by atoms with van der Waals surface area (Å²) in [5.74, 6) is 0.273. The van der Waals surface area contributed by atoms with E-state index in [0.717, 1.165) is 49.8 Å². The third-order valence-electron chi connectivity index (χ3n) is 11.2. The van der Waals surface area contributed by atoms with Gasteiger partial charge in [0.15, 0.2) is 5.58 Å². The molecule has 1 heterocycles. The van der Waals surface area contributed by atoms with Gasteiger partial charge >= 0.3 is 0 Å². The van der Waals surface area contributed by atoms with Gasteiger partial charge in [0.2, 0.25) is 5.89 Å². The maximum absolute atomic E-state index is 14.2. The van der Waals surface area contributed by atoms with Crippen molar-refractivity contribution in [3.63, 3.8) is 0 Å². The van der Waals surface area contributed by atoms with E-state index in [1.165, 1.54) is 55.3 Å². The summed E-state index contributed by atoms with van der Waals surface area (Å²) in [6, 6.07) is 66.9. The predicted octanol–water partition coefficient (Wildman–Crippen LogP) is 14.9. The molecule has 56 heavy (non-hydrogen) atoms. The van der Waals surface area contributed by atoms with E-state index in [-0.39, 0.29) is 5.82 Å². The van der Waals surface area contributed by atoms with Crippen molar-refractivity contribution in [2.24, 2.45) is 0 Å². The topological polar surface area (TPSA) is 26.0 Å². The molecule has 0 fully saturated rings. The summed E-state index contributed by atoms with van der Waals surface area (Å²) < 4.78 is 20.8. The van der Waals surface area contributed by atoms with Gasteiger partial charge in [0.05, 0.1) is 0 Å². The van der Waals surface area contributed by atoms with Crippen LogP contribution in [0.4, 0.5) is 4.39 Å². The minimum atomic E-state index is -0.271. The Hall–Kier alpha value is -7.36. The molecule has 262 valence electrons. The summed E-state index contributed by atoms with van der Waals surface area (Å²) in [6.45, 7) is 0. The molecule has 11 rings (SSSR count). The molecule has 0 bridgehead atoms. The molecule has 0 N–H and O–H groups in total. The Labute approximate surface area is 323 Å². The number of halogens is 1. The average Bonchev–Trinajstić information content (AvgIpc) is 3.69. The van der Waals surface area contributed by atoms with Crippen LogP contribution in [0.1, 0.15) is 0 Å². The smallest absolute Gasteiger partial charge is 0.227 e. The average molecular weight is 718 g/mol. The van der Waals surface area contributed by atoms with Crippen LogP contribution in [0.3, 0.4) is 0 Å². The largest absolute Gasteiger partial charge is 0.436 e. The predicted molar refractivity (Wildman–Crippen MR) is 230 cm³/mol. The van der Waals surface area contributed by atoms with Crippen molar-refractivity contribution in [2.75, 3.05) is 0 Å². The number of aromatic nitrogens is 1. The van der Waals surface area contributed by atoms with Crippen molar-refractivity contribution in [1.29, 1.82) is 0 Å². The van der Waals surface area contributed by atoms with E-state index in [0.29, 0.717) is 11.5 Å². The van der Waals surface area contributed by atoms with Gasteiger partial charge < -0.3 is 4.42 Å². The fourth-order valence-corrected chi connectivity index (χ4v) is 8.60. The van der Waals surface area contributed by atoms with Crippen LogP contribution < -0.4 is 0 Å². The van der Waals surface area contributed by atoms with Crippen LogP contribution in [0.2, 0.25) is 0 Å². The van der Waals surface area contributed by atoms with Crippen LogP contribution in [0.25, 0.3) is 111 Å². The maximum atomic E-state index is 14.2. The molecule has 0 saturated carbocycles. The number of oxazole rings is 1. The SMILES string of the molecule is Fc1cccc(-c2ccc3oc(-c4cc(-c5ccccc5-c5ccccc5)c5ccc6ccc(-c7ccccc7-c7ccccc7)c7ccc4c5c67)nc3c2)c1. The van der Waals surface area contributed by atoms with Crippen LogP contribution in [-0.2, 0) is 0 Å². The Kier molecular flexibility index (Phi) is 7.39. The first kappa shape index (κ1) is 32.1. The van der Waals surface area contributed by atoms with Gasteiger partial charge in [-0.3, -0.25) is 0 Å². The minimum absolute atomic E-state index is 0.271. The lowest BCUT2D eigenvalue weighted by atomic mass is 9.83. The molecule has 0 atom stereocenters. The number of rotatable bonds is 6. The summed E-state index contributed by atoms with van der Waals surface area (Å²) in [5.41, 5.74) is 13.3.